The molecule has 3 nitrogen and oxygen atoms in total. The molecule has 0 spiro atoms. The fourth-order valence-corrected chi connectivity index (χ4v) is 3.90. The fraction of sp³-hybridized carbons (Fsp3) is 0.450. The summed E-state index contributed by atoms with van der Waals surface area (Å²) in [5.41, 5.74) is 1.50. The van der Waals surface area contributed by atoms with Crippen LogP contribution in [0.2, 0.25) is 0 Å². The third-order valence-electron chi connectivity index (χ3n) is 4.93. The zero-order chi connectivity index (χ0) is 16.7. The van der Waals surface area contributed by atoms with Crippen molar-refractivity contribution in [1.29, 1.82) is 0 Å². The highest BCUT2D eigenvalue weighted by Crippen LogP contribution is 2.39. The maximum Gasteiger partial charge on any atom is 0.254 e. The second-order valence-electron chi connectivity index (χ2n) is 7.67. The van der Waals surface area contributed by atoms with E-state index in [0.717, 1.165) is 29.7 Å². The Bertz CT molecular complexity index is 665. The van der Waals surface area contributed by atoms with Crippen LogP contribution in [0, 0.1) is 0 Å². The number of carbonyl (C=O) groups is 1. The first-order chi connectivity index (χ1) is 10.8. The van der Waals surface area contributed by atoms with E-state index >= 15 is 0 Å². The number of nitrogens with zero attached hydrogens (tertiary/aromatic N) is 1. The summed E-state index contributed by atoms with van der Waals surface area (Å²) in [6, 6.07) is 11.5. The summed E-state index contributed by atoms with van der Waals surface area (Å²) in [4.78, 5) is 15.2. The Morgan fingerprint density at radius 1 is 1.00 bits per heavy atom. The summed E-state index contributed by atoms with van der Waals surface area (Å²) in [5.74, 6) is 0.938. The summed E-state index contributed by atoms with van der Waals surface area (Å²) in [6.45, 7) is 8.68. The van der Waals surface area contributed by atoms with Crippen molar-refractivity contribution in [1.82, 2.24) is 4.90 Å². The van der Waals surface area contributed by atoms with Crippen LogP contribution in [0.4, 0.5) is 0 Å². The van der Waals surface area contributed by atoms with Gasteiger partial charge in [-0.05, 0) is 71.2 Å². The Balaban J connectivity index is 1.90. The lowest BCUT2D eigenvalue weighted by molar-refractivity contribution is -0.0111. The Morgan fingerprint density at radius 3 is 2.13 bits per heavy atom. The molecule has 0 bridgehead atoms. The van der Waals surface area contributed by atoms with Gasteiger partial charge in [0.25, 0.3) is 5.91 Å². The van der Waals surface area contributed by atoms with Crippen molar-refractivity contribution in [2.75, 3.05) is 0 Å². The number of carbonyl (C=O) groups excluding carboxylic acids is 1. The molecule has 23 heavy (non-hydrogen) atoms. The van der Waals surface area contributed by atoms with Crippen molar-refractivity contribution >= 4 is 5.91 Å². The van der Waals surface area contributed by atoms with Crippen LogP contribution in [-0.2, 0) is 0 Å². The molecule has 0 saturated carbocycles. The van der Waals surface area contributed by atoms with Gasteiger partial charge in [-0.1, -0.05) is 12.1 Å². The quantitative estimate of drug-likeness (QED) is 0.770. The first-order valence-electron chi connectivity index (χ1n) is 8.30. The van der Waals surface area contributed by atoms with Crippen molar-refractivity contribution in [3.8, 4) is 11.3 Å². The molecule has 1 amide bonds. The van der Waals surface area contributed by atoms with Crippen LogP contribution < -0.4 is 0 Å². The number of piperidine rings is 1. The van der Waals surface area contributed by atoms with Crippen molar-refractivity contribution in [2.45, 2.75) is 58.0 Å². The van der Waals surface area contributed by atoms with E-state index in [2.05, 4.69) is 32.6 Å². The molecular formula is C20H25NO2. The highest BCUT2D eigenvalue weighted by molar-refractivity contribution is 5.95. The molecule has 1 aromatic carbocycles. The van der Waals surface area contributed by atoms with Crippen LogP contribution in [0.25, 0.3) is 11.3 Å². The number of benzene rings is 1. The van der Waals surface area contributed by atoms with E-state index in [1.165, 1.54) is 6.42 Å². The number of hydrogen-bond acceptors (Lipinski definition) is 2. The molecule has 1 aliphatic rings. The standard InChI is InChI=1S/C20H25NO2/c1-19(2)12-6-13-20(3,4)21(19)18(22)16-10-8-15(9-11-16)17-7-5-14-23-17/h5,7-11,14H,6,12-13H2,1-4H3. The van der Waals surface area contributed by atoms with Gasteiger partial charge in [0.2, 0.25) is 0 Å². The monoisotopic (exact) mass is 311 g/mol. The summed E-state index contributed by atoms with van der Waals surface area (Å²) >= 11 is 0. The van der Waals surface area contributed by atoms with Gasteiger partial charge in [0.15, 0.2) is 0 Å². The van der Waals surface area contributed by atoms with E-state index in [4.69, 9.17) is 4.42 Å². The van der Waals surface area contributed by atoms with Crippen LogP contribution in [0.5, 0.6) is 0 Å². The molecule has 0 aliphatic carbocycles. The Hall–Kier alpha value is -2.03. The largest absolute Gasteiger partial charge is 0.464 e. The van der Waals surface area contributed by atoms with Crippen LogP contribution in [0.15, 0.2) is 47.1 Å². The molecular weight excluding hydrogens is 286 g/mol. The van der Waals surface area contributed by atoms with E-state index in [1.54, 1.807) is 6.26 Å². The highest BCUT2D eigenvalue weighted by atomic mass is 16.3. The lowest BCUT2D eigenvalue weighted by atomic mass is 9.79. The minimum absolute atomic E-state index is 0.113. The van der Waals surface area contributed by atoms with Gasteiger partial charge in [-0.15, -0.1) is 0 Å². The van der Waals surface area contributed by atoms with Crippen LogP contribution in [-0.4, -0.2) is 21.9 Å². The van der Waals surface area contributed by atoms with Gasteiger partial charge in [-0.3, -0.25) is 4.79 Å². The number of rotatable bonds is 2. The molecule has 0 N–H and O–H groups in total. The van der Waals surface area contributed by atoms with Crippen LogP contribution in [0.3, 0.4) is 0 Å². The summed E-state index contributed by atoms with van der Waals surface area (Å²) in [6.07, 6.45) is 4.92. The molecule has 1 aliphatic heterocycles. The van der Waals surface area contributed by atoms with Gasteiger partial charge in [-0.2, -0.15) is 0 Å². The maximum atomic E-state index is 13.1. The van der Waals surface area contributed by atoms with Crippen molar-refractivity contribution in [3.05, 3.63) is 48.2 Å². The molecule has 0 unspecified atom stereocenters. The van der Waals surface area contributed by atoms with Crippen LogP contribution >= 0.6 is 0 Å². The molecule has 3 rings (SSSR count). The topological polar surface area (TPSA) is 33.5 Å². The van der Waals surface area contributed by atoms with Crippen LogP contribution in [0.1, 0.15) is 57.3 Å². The molecule has 1 fully saturated rings. The van der Waals surface area contributed by atoms with Gasteiger partial charge < -0.3 is 9.32 Å². The lowest BCUT2D eigenvalue weighted by Gasteiger charge is -2.53. The highest BCUT2D eigenvalue weighted by Gasteiger charge is 2.44. The summed E-state index contributed by atoms with van der Waals surface area (Å²) in [7, 11) is 0. The van der Waals surface area contributed by atoms with E-state index in [-0.39, 0.29) is 17.0 Å². The van der Waals surface area contributed by atoms with E-state index < -0.39 is 0 Å². The SMILES string of the molecule is CC1(C)CCCC(C)(C)N1C(=O)c1ccc(-c2ccco2)cc1. The molecule has 0 atom stereocenters. The van der Waals surface area contributed by atoms with Gasteiger partial charge in [0.1, 0.15) is 5.76 Å². The van der Waals surface area contributed by atoms with Gasteiger partial charge in [-0.25, -0.2) is 0 Å². The predicted octanol–water partition coefficient (Wildman–Crippen LogP) is 5.13. The minimum atomic E-state index is -0.113. The average Bonchev–Trinajstić information content (AvgIpc) is 2.99. The minimum Gasteiger partial charge on any atom is -0.464 e. The molecule has 2 aromatic rings. The van der Waals surface area contributed by atoms with Gasteiger partial charge in [0, 0.05) is 22.2 Å². The van der Waals surface area contributed by atoms with E-state index in [1.807, 2.05) is 36.4 Å². The zero-order valence-corrected chi connectivity index (χ0v) is 14.4. The normalized spacial score (nSPS) is 19.6. The third kappa shape index (κ3) is 2.92. The van der Waals surface area contributed by atoms with Gasteiger partial charge in [0.05, 0.1) is 6.26 Å². The lowest BCUT2D eigenvalue weighted by Crippen LogP contribution is -2.60. The molecule has 2 heterocycles. The second kappa shape index (κ2) is 5.55. The summed E-state index contributed by atoms with van der Waals surface area (Å²) < 4.78 is 5.41. The number of amides is 1. The molecule has 1 aromatic heterocycles. The predicted molar refractivity (Wildman–Crippen MR) is 92.3 cm³/mol. The average molecular weight is 311 g/mol. The molecule has 3 heteroatoms. The first kappa shape index (κ1) is 15.9. The van der Waals surface area contributed by atoms with Gasteiger partial charge >= 0.3 is 0 Å². The van der Waals surface area contributed by atoms with Crippen molar-refractivity contribution in [3.63, 3.8) is 0 Å². The van der Waals surface area contributed by atoms with E-state index in [9.17, 15) is 4.79 Å². The number of hydrogen-bond donors (Lipinski definition) is 0. The molecule has 122 valence electrons. The summed E-state index contributed by atoms with van der Waals surface area (Å²) in [5, 5.41) is 0. The zero-order valence-electron chi connectivity index (χ0n) is 14.4. The van der Waals surface area contributed by atoms with Crippen molar-refractivity contribution < 1.29 is 9.21 Å². The first-order valence-corrected chi connectivity index (χ1v) is 8.30. The second-order valence-corrected chi connectivity index (χ2v) is 7.67. The smallest absolute Gasteiger partial charge is 0.254 e. The molecule has 0 radical (unpaired) electrons. The van der Waals surface area contributed by atoms with Crippen molar-refractivity contribution in [2.24, 2.45) is 0 Å². The Labute approximate surface area is 138 Å². The molecule has 1 saturated heterocycles. The number of likely N-dealkylation sites (tertiary alicyclic amines) is 1. The third-order valence-corrected chi connectivity index (χ3v) is 4.93. The maximum absolute atomic E-state index is 13.1. The van der Waals surface area contributed by atoms with E-state index in [0.29, 0.717) is 0 Å². The Morgan fingerprint density at radius 2 is 1.61 bits per heavy atom. The fourth-order valence-electron chi connectivity index (χ4n) is 3.90. The Kier molecular flexibility index (Phi) is 3.83. The number of furan rings is 1.